The normalized spacial score (nSPS) is 14.0. The van der Waals surface area contributed by atoms with E-state index in [0.29, 0.717) is 24.1 Å². The summed E-state index contributed by atoms with van der Waals surface area (Å²) in [6, 6.07) is 0. The number of hydrogen-bond donors (Lipinski definition) is 1. The second kappa shape index (κ2) is 34.3. The number of carbonyl (C=O) groups excluding carboxylic acids is 1. The van der Waals surface area contributed by atoms with Gasteiger partial charge in [0.25, 0.3) is 0 Å². The number of phosphoric ester groups is 1. The Bertz CT molecular complexity index is 802. The fourth-order valence-electron chi connectivity index (χ4n) is 5.61. The Hall–Kier alpha value is -0.760. The third-order valence-corrected chi connectivity index (χ3v) is 9.81. The van der Waals surface area contributed by atoms with Crippen LogP contribution in [-0.2, 0) is 27.9 Å². The molecule has 0 rings (SSSR count). The van der Waals surface area contributed by atoms with Crippen LogP contribution in [0.1, 0.15) is 181 Å². The first kappa shape index (κ1) is 48.2. The van der Waals surface area contributed by atoms with Gasteiger partial charge in [0, 0.05) is 13.0 Å². The van der Waals surface area contributed by atoms with Crippen molar-refractivity contribution in [3.05, 3.63) is 12.2 Å². The molecule has 292 valence electrons. The Balaban J connectivity index is 4.25. The first-order valence-electron chi connectivity index (χ1n) is 20.4. The molecule has 9 heteroatoms. The summed E-state index contributed by atoms with van der Waals surface area (Å²) < 4.78 is 34.9. The minimum Gasteiger partial charge on any atom is -0.457 e. The molecule has 0 spiro atoms. The number of carbonyl (C=O) groups is 1. The van der Waals surface area contributed by atoms with E-state index >= 15 is 0 Å². The largest absolute Gasteiger partial charge is 0.472 e. The molecule has 0 heterocycles. The van der Waals surface area contributed by atoms with Crippen LogP contribution in [0.5, 0.6) is 0 Å². The summed E-state index contributed by atoms with van der Waals surface area (Å²) in [5.41, 5.74) is 0. The van der Waals surface area contributed by atoms with E-state index in [1.165, 1.54) is 116 Å². The molecule has 0 aromatic heterocycles. The topological polar surface area (TPSA) is 91.3 Å². The van der Waals surface area contributed by atoms with Gasteiger partial charge in [-0.2, -0.15) is 0 Å². The molecular formula is C40H81NO7P+. The van der Waals surface area contributed by atoms with E-state index < -0.39 is 13.9 Å². The van der Waals surface area contributed by atoms with Gasteiger partial charge in [-0.25, -0.2) is 4.57 Å². The zero-order chi connectivity index (χ0) is 36.3. The highest BCUT2D eigenvalue weighted by molar-refractivity contribution is 7.47. The molecule has 0 saturated heterocycles. The van der Waals surface area contributed by atoms with E-state index in [4.69, 9.17) is 18.5 Å². The van der Waals surface area contributed by atoms with E-state index in [2.05, 4.69) is 26.0 Å². The molecule has 0 saturated carbocycles. The quantitative estimate of drug-likeness (QED) is 0.0223. The van der Waals surface area contributed by atoms with Crippen LogP contribution < -0.4 is 0 Å². The van der Waals surface area contributed by atoms with Crippen molar-refractivity contribution in [3.63, 3.8) is 0 Å². The highest BCUT2D eigenvalue weighted by Gasteiger charge is 2.26. The van der Waals surface area contributed by atoms with Crippen LogP contribution in [-0.4, -0.2) is 75.6 Å². The lowest BCUT2D eigenvalue weighted by Crippen LogP contribution is -2.37. The van der Waals surface area contributed by atoms with Crippen molar-refractivity contribution in [2.75, 3.05) is 54.1 Å². The van der Waals surface area contributed by atoms with Gasteiger partial charge in [0.15, 0.2) is 0 Å². The molecule has 2 unspecified atom stereocenters. The molecule has 0 bridgehead atoms. The summed E-state index contributed by atoms with van der Waals surface area (Å²) in [6.07, 6.45) is 35.2. The zero-order valence-electron chi connectivity index (χ0n) is 32.9. The second-order valence-corrected chi connectivity index (χ2v) is 16.5. The predicted octanol–water partition coefficient (Wildman–Crippen LogP) is 11.5. The summed E-state index contributed by atoms with van der Waals surface area (Å²) in [7, 11) is 1.67. The fourth-order valence-corrected chi connectivity index (χ4v) is 6.35. The van der Waals surface area contributed by atoms with Crippen molar-refractivity contribution in [2.24, 2.45) is 0 Å². The smallest absolute Gasteiger partial charge is 0.457 e. The molecule has 1 N–H and O–H groups in total. The first-order chi connectivity index (χ1) is 23.6. The van der Waals surface area contributed by atoms with Crippen molar-refractivity contribution < 1.29 is 37.3 Å². The lowest BCUT2D eigenvalue weighted by Gasteiger charge is -2.24. The van der Waals surface area contributed by atoms with Crippen molar-refractivity contribution in [1.29, 1.82) is 0 Å². The number of ether oxygens (including phenoxy) is 2. The number of hydrogen-bond acceptors (Lipinski definition) is 6. The molecular weight excluding hydrogens is 637 g/mol. The minimum absolute atomic E-state index is 0.0900. The molecule has 0 aliphatic rings. The van der Waals surface area contributed by atoms with Gasteiger partial charge in [-0.05, 0) is 38.5 Å². The maximum atomic E-state index is 12.6. The van der Waals surface area contributed by atoms with Crippen LogP contribution in [0.2, 0.25) is 0 Å². The molecule has 0 aliphatic heterocycles. The average molecular weight is 719 g/mol. The lowest BCUT2D eigenvalue weighted by molar-refractivity contribution is -0.870. The number of unbranched alkanes of at least 4 members (excludes halogenated alkanes) is 22. The fraction of sp³-hybridized carbons (Fsp3) is 0.925. The van der Waals surface area contributed by atoms with Crippen molar-refractivity contribution in [2.45, 2.75) is 187 Å². The number of likely N-dealkylation sites (N-methyl/N-ethyl adjacent to an activating group) is 1. The molecule has 0 fully saturated rings. The predicted molar refractivity (Wildman–Crippen MR) is 206 cm³/mol. The van der Waals surface area contributed by atoms with E-state index in [1.807, 2.05) is 21.1 Å². The van der Waals surface area contributed by atoms with Gasteiger partial charge < -0.3 is 18.9 Å². The molecule has 49 heavy (non-hydrogen) atoms. The van der Waals surface area contributed by atoms with Crippen LogP contribution in [0.3, 0.4) is 0 Å². The molecule has 8 nitrogen and oxygen atoms in total. The Labute approximate surface area is 303 Å². The van der Waals surface area contributed by atoms with Gasteiger partial charge in [0.05, 0.1) is 34.4 Å². The van der Waals surface area contributed by atoms with Gasteiger partial charge in [0.1, 0.15) is 19.3 Å². The molecule has 0 aliphatic carbocycles. The maximum Gasteiger partial charge on any atom is 0.472 e. The number of allylic oxidation sites excluding steroid dienone is 2. The molecule has 0 radical (unpaired) electrons. The third kappa shape index (κ3) is 38.3. The number of phosphoric acid groups is 1. The van der Waals surface area contributed by atoms with Gasteiger partial charge in [-0.1, -0.05) is 148 Å². The summed E-state index contributed by atoms with van der Waals surface area (Å²) in [5, 5.41) is 0. The number of esters is 1. The Kier molecular flexibility index (Phi) is 33.8. The van der Waals surface area contributed by atoms with Crippen molar-refractivity contribution in [1.82, 2.24) is 0 Å². The maximum absolute atomic E-state index is 12.6. The van der Waals surface area contributed by atoms with Gasteiger partial charge >= 0.3 is 13.8 Å². The standard InChI is InChI=1S/C40H80NO7P/c1-6-8-10-12-14-16-18-20-21-22-24-26-28-30-32-35-45-37-39(38-47-49(43,44)46-36-34-41(3,4)5)48-40(42)33-31-29-27-25-23-19-17-15-13-11-9-7-2/h15,17,39H,6-14,16,18-38H2,1-5H3/p+1/b17-15-. The highest BCUT2D eigenvalue weighted by Crippen LogP contribution is 2.43. The van der Waals surface area contributed by atoms with Gasteiger partial charge in [-0.15, -0.1) is 0 Å². The minimum atomic E-state index is -4.26. The van der Waals surface area contributed by atoms with Crippen molar-refractivity contribution in [3.8, 4) is 0 Å². The van der Waals surface area contributed by atoms with Crippen molar-refractivity contribution >= 4 is 13.8 Å². The molecule has 0 amide bonds. The van der Waals surface area contributed by atoms with E-state index in [0.717, 1.165) is 44.9 Å². The SMILES string of the molecule is CCCCC/C=C\CCCCCCCC(=O)OC(COCCCCCCCCCCCCCCCCC)COP(=O)(O)OCC[N+](C)(C)C. The summed E-state index contributed by atoms with van der Waals surface area (Å²) in [5.74, 6) is -0.321. The average Bonchev–Trinajstić information content (AvgIpc) is 3.04. The van der Waals surface area contributed by atoms with Crippen LogP contribution in [0, 0.1) is 0 Å². The lowest BCUT2D eigenvalue weighted by atomic mass is 10.0. The van der Waals surface area contributed by atoms with E-state index in [1.54, 1.807) is 0 Å². The number of rotatable bonds is 38. The van der Waals surface area contributed by atoms with E-state index in [9.17, 15) is 14.3 Å². The Morgan fingerprint density at radius 2 is 1.06 bits per heavy atom. The first-order valence-corrected chi connectivity index (χ1v) is 21.9. The Morgan fingerprint density at radius 3 is 1.59 bits per heavy atom. The molecule has 0 aromatic rings. The zero-order valence-corrected chi connectivity index (χ0v) is 33.8. The molecule has 2 atom stereocenters. The van der Waals surface area contributed by atoms with Crippen LogP contribution in [0.25, 0.3) is 0 Å². The van der Waals surface area contributed by atoms with E-state index in [-0.39, 0.29) is 25.8 Å². The highest BCUT2D eigenvalue weighted by atomic mass is 31.2. The summed E-state index contributed by atoms with van der Waals surface area (Å²) in [4.78, 5) is 22.8. The molecule has 0 aromatic carbocycles. The van der Waals surface area contributed by atoms with Crippen LogP contribution >= 0.6 is 7.82 Å². The summed E-state index contributed by atoms with van der Waals surface area (Å²) >= 11 is 0. The van der Waals surface area contributed by atoms with Crippen LogP contribution in [0.4, 0.5) is 0 Å². The monoisotopic (exact) mass is 719 g/mol. The third-order valence-electron chi connectivity index (χ3n) is 8.83. The Morgan fingerprint density at radius 1 is 0.612 bits per heavy atom. The van der Waals surface area contributed by atoms with Crippen LogP contribution in [0.15, 0.2) is 12.2 Å². The van der Waals surface area contributed by atoms with Gasteiger partial charge in [-0.3, -0.25) is 13.8 Å². The van der Waals surface area contributed by atoms with Gasteiger partial charge in [0.2, 0.25) is 0 Å². The second-order valence-electron chi connectivity index (χ2n) is 15.0. The number of nitrogens with zero attached hydrogens (tertiary/aromatic N) is 1. The number of quaternary nitrogens is 1. The summed E-state index contributed by atoms with van der Waals surface area (Å²) in [6.45, 7) is 5.61.